The maximum atomic E-state index is 13.5. The first-order valence-electron chi connectivity index (χ1n) is 8.53. The Bertz CT molecular complexity index is 1060. The highest BCUT2D eigenvalue weighted by molar-refractivity contribution is 7.08. The molecular formula is C21H15ClF3NOS. The third-order valence-electron chi connectivity index (χ3n) is 5.13. The molecule has 1 N–H and O–H groups in total. The zero-order chi connectivity index (χ0) is 20.1. The number of halogens is 4. The van der Waals surface area contributed by atoms with Crippen LogP contribution in [-0.2, 0) is 22.8 Å². The lowest BCUT2D eigenvalue weighted by molar-refractivity contribution is -0.138. The lowest BCUT2D eigenvalue weighted by Crippen LogP contribution is -2.34. The van der Waals surface area contributed by atoms with E-state index in [1.54, 1.807) is 24.3 Å². The Morgan fingerprint density at radius 3 is 2.57 bits per heavy atom. The van der Waals surface area contributed by atoms with Crippen LogP contribution < -0.4 is 5.32 Å². The topological polar surface area (TPSA) is 29.1 Å². The molecule has 1 unspecified atom stereocenters. The average Bonchev–Trinajstić information content (AvgIpc) is 3.22. The summed E-state index contributed by atoms with van der Waals surface area (Å²) in [7, 11) is 0. The van der Waals surface area contributed by atoms with Gasteiger partial charge in [0.1, 0.15) is 0 Å². The van der Waals surface area contributed by atoms with E-state index in [1.165, 1.54) is 12.1 Å². The molecule has 7 heteroatoms. The van der Waals surface area contributed by atoms with Crippen molar-refractivity contribution in [2.45, 2.75) is 24.9 Å². The number of hydrogen-bond donors (Lipinski definition) is 1. The Kier molecular flexibility index (Phi) is 4.51. The minimum Gasteiger partial charge on any atom is -0.325 e. The van der Waals surface area contributed by atoms with E-state index < -0.39 is 17.2 Å². The number of carbonyl (C=O) groups is 1. The van der Waals surface area contributed by atoms with Gasteiger partial charge in [0.25, 0.3) is 0 Å². The number of nitrogens with one attached hydrogen (secondary N) is 1. The van der Waals surface area contributed by atoms with Crippen LogP contribution >= 0.6 is 22.9 Å². The summed E-state index contributed by atoms with van der Waals surface area (Å²) in [5.74, 6) is -0.321. The highest BCUT2D eigenvalue weighted by Gasteiger charge is 2.45. The van der Waals surface area contributed by atoms with Crippen LogP contribution in [0, 0.1) is 0 Å². The van der Waals surface area contributed by atoms with Gasteiger partial charge >= 0.3 is 6.18 Å². The van der Waals surface area contributed by atoms with E-state index in [9.17, 15) is 18.0 Å². The fourth-order valence-electron chi connectivity index (χ4n) is 3.64. The number of carbonyl (C=O) groups excluding carboxylic acids is 1. The molecule has 0 saturated heterocycles. The summed E-state index contributed by atoms with van der Waals surface area (Å²) in [6.45, 7) is 1.67. The third-order valence-corrected chi connectivity index (χ3v) is 6.05. The standard InChI is InChI=1S/C21H15ClF3NOS/c1-20(10-14-8-15(22)3-4-16(14)21(23,24)25)17-9-12(13-6-7-28-11-13)2-5-18(17)26-19(20)27/h2-9,11H,10H2,1H3,(H,26,27). The van der Waals surface area contributed by atoms with Gasteiger partial charge in [-0.05, 0) is 82.8 Å². The average molecular weight is 422 g/mol. The Labute approximate surface area is 169 Å². The molecule has 0 spiro atoms. The number of anilines is 1. The molecule has 2 aromatic carbocycles. The largest absolute Gasteiger partial charge is 0.416 e. The van der Waals surface area contributed by atoms with Gasteiger partial charge in [-0.2, -0.15) is 24.5 Å². The van der Waals surface area contributed by atoms with Gasteiger partial charge in [0.05, 0.1) is 11.0 Å². The molecule has 2 nitrogen and oxygen atoms in total. The van der Waals surface area contributed by atoms with E-state index in [-0.39, 0.29) is 22.9 Å². The number of rotatable bonds is 3. The predicted octanol–water partition coefficient (Wildman–Crippen LogP) is 6.54. The molecule has 1 atom stereocenters. The maximum Gasteiger partial charge on any atom is 0.416 e. The number of hydrogen-bond acceptors (Lipinski definition) is 2. The van der Waals surface area contributed by atoms with Crippen LogP contribution in [0.1, 0.15) is 23.6 Å². The molecule has 4 rings (SSSR count). The SMILES string of the molecule is CC1(Cc2cc(Cl)ccc2C(F)(F)F)C(=O)Nc2ccc(-c3ccsc3)cc21. The van der Waals surface area contributed by atoms with Crippen molar-refractivity contribution in [1.82, 2.24) is 0 Å². The van der Waals surface area contributed by atoms with E-state index in [0.717, 1.165) is 17.2 Å². The van der Waals surface area contributed by atoms with Crippen LogP contribution in [0.25, 0.3) is 11.1 Å². The maximum absolute atomic E-state index is 13.5. The van der Waals surface area contributed by atoms with Crippen molar-refractivity contribution >= 4 is 34.5 Å². The summed E-state index contributed by atoms with van der Waals surface area (Å²) in [4.78, 5) is 12.8. The molecule has 3 aromatic rings. The zero-order valence-electron chi connectivity index (χ0n) is 14.7. The van der Waals surface area contributed by atoms with Gasteiger partial charge in [-0.25, -0.2) is 0 Å². The van der Waals surface area contributed by atoms with Crippen molar-refractivity contribution in [3.05, 3.63) is 74.9 Å². The van der Waals surface area contributed by atoms with Crippen molar-refractivity contribution in [3.63, 3.8) is 0 Å². The fraction of sp³-hybridized carbons (Fsp3) is 0.190. The molecule has 0 saturated carbocycles. The second-order valence-electron chi connectivity index (χ2n) is 7.03. The Balaban J connectivity index is 1.81. The number of benzene rings is 2. The van der Waals surface area contributed by atoms with Gasteiger partial charge in [-0.3, -0.25) is 4.79 Å². The van der Waals surface area contributed by atoms with Gasteiger partial charge < -0.3 is 5.32 Å². The van der Waals surface area contributed by atoms with E-state index >= 15 is 0 Å². The summed E-state index contributed by atoms with van der Waals surface area (Å²) in [5.41, 5.74) is 1.35. The second kappa shape index (κ2) is 6.64. The quantitative estimate of drug-likeness (QED) is 0.511. The molecular weight excluding hydrogens is 407 g/mol. The van der Waals surface area contributed by atoms with Gasteiger partial charge in [-0.15, -0.1) is 0 Å². The second-order valence-corrected chi connectivity index (χ2v) is 8.25. The molecule has 0 fully saturated rings. The van der Waals surface area contributed by atoms with Crippen LogP contribution in [-0.4, -0.2) is 5.91 Å². The molecule has 2 heterocycles. The normalized spacial score (nSPS) is 18.8. The monoisotopic (exact) mass is 421 g/mol. The molecule has 1 aliphatic rings. The number of amides is 1. The zero-order valence-corrected chi connectivity index (χ0v) is 16.3. The van der Waals surface area contributed by atoms with E-state index in [1.807, 2.05) is 29.0 Å². The molecule has 1 aliphatic heterocycles. The molecule has 1 aromatic heterocycles. The van der Waals surface area contributed by atoms with Crippen molar-refractivity contribution in [1.29, 1.82) is 0 Å². The summed E-state index contributed by atoms with van der Waals surface area (Å²) >= 11 is 7.52. The number of thiophene rings is 1. The van der Waals surface area contributed by atoms with Crippen LogP contribution in [0.5, 0.6) is 0 Å². The first-order valence-corrected chi connectivity index (χ1v) is 9.85. The van der Waals surface area contributed by atoms with Gasteiger partial charge in [-0.1, -0.05) is 17.7 Å². The van der Waals surface area contributed by atoms with Crippen LogP contribution in [0.4, 0.5) is 18.9 Å². The van der Waals surface area contributed by atoms with E-state index in [0.29, 0.717) is 11.3 Å². The van der Waals surface area contributed by atoms with Crippen LogP contribution in [0.3, 0.4) is 0 Å². The Morgan fingerprint density at radius 2 is 1.89 bits per heavy atom. The summed E-state index contributed by atoms with van der Waals surface area (Å²) in [5, 5.41) is 6.95. The molecule has 0 bridgehead atoms. The van der Waals surface area contributed by atoms with Crippen LogP contribution in [0.2, 0.25) is 5.02 Å². The first kappa shape index (κ1) is 19.0. The number of fused-ring (bicyclic) bond motifs is 1. The Morgan fingerprint density at radius 1 is 1.11 bits per heavy atom. The molecule has 28 heavy (non-hydrogen) atoms. The summed E-state index contributed by atoms with van der Waals surface area (Å²) < 4.78 is 40.4. The smallest absolute Gasteiger partial charge is 0.325 e. The summed E-state index contributed by atoms with van der Waals surface area (Å²) in [6, 6.07) is 11.0. The number of alkyl halides is 3. The van der Waals surface area contributed by atoms with Crippen LogP contribution in [0.15, 0.2) is 53.2 Å². The van der Waals surface area contributed by atoms with Gasteiger partial charge in [0.2, 0.25) is 5.91 Å². The molecule has 144 valence electrons. The minimum absolute atomic E-state index is 0.00596. The third kappa shape index (κ3) is 3.20. The molecule has 1 amide bonds. The predicted molar refractivity (Wildman–Crippen MR) is 106 cm³/mol. The lowest BCUT2D eigenvalue weighted by atomic mass is 9.76. The highest BCUT2D eigenvalue weighted by Crippen LogP contribution is 2.44. The van der Waals surface area contributed by atoms with Crippen molar-refractivity contribution in [3.8, 4) is 11.1 Å². The molecule has 0 radical (unpaired) electrons. The van der Waals surface area contributed by atoms with Crippen molar-refractivity contribution in [2.24, 2.45) is 0 Å². The Hall–Kier alpha value is -2.31. The first-order chi connectivity index (χ1) is 13.2. The van der Waals surface area contributed by atoms with Crippen molar-refractivity contribution < 1.29 is 18.0 Å². The molecule has 0 aliphatic carbocycles. The van der Waals surface area contributed by atoms with Gasteiger partial charge in [0.15, 0.2) is 0 Å². The van der Waals surface area contributed by atoms with Gasteiger partial charge in [0, 0.05) is 10.7 Å². The minimum atomic E-state index is -4.52. The van der Waals surface area contributed by atoms with E-state index in [2.05, 4.69) is 5.32 Å². The lowest BCUT2D eigenvalue weighted by Gasteiger charge is -2.25. The summed E-state index contributed by atoms with van der Waals surface area (Å²) in [6.07, 6.45) is -4.62. The van der Waals surface area contributed by atoms with Crippen molar-refractivity contribution in [2.75, 3.05) is 5.32 Å². The fourth-order valence-corrected chi connectivity index (χ4v) is 4.50. The highest BCUT2D eigenvalue weighted by atomic mass is 35.5. The van der Waals surface area contributed by atoms with E-state index in [4.69, 9.17) is 11.6 Å².